The van der Waals surface area contributed by atoms with Gasteiger partial charge in [-0.05, 0) is 18.2 Å². The van der Waals surface area contributed by atoms with E-state index in [1.165, 1.54) is 0 Å². The van der Waals surface area contributed by atoms with E-state index in [-0.39, 0.29) is 0 Å². The van der Waals surface area contributed by atoms with Gasteiger partial charge < -0.3 is 9.47 Å². The number of benzene rings is 1. The number of halogens is 1. The Morgan fingerprint density at radius 3 is 3.06 bits per heavy atom. The highest BCUT2D eigenvalue weighted by Gasteiger charge is 2.18. The van der Waals surface area contributed by atoms with E-state index in [1.807, 2.05) is 30.6 Å². The predicted molar refractivity (Wildman–Crippen MR) is 72.8 cm³/mol. The van der Waals surface area contributed by atoms with Crippen molar-refractivity contribution in [2.75, 3.05) is 11.4 Å². The molecule has 92 valence electrons. The van der Waals surface area contributed by atoms with Gasteiger partial charge in [-0.15, -0.1) is 0 Å². The molecule has 0 atom stereocenters. The molecule has 1 aliphatic rings. The van der Waals surface area contributed by atoms with Gasteiger partial charge in [0.05, 0.1) is 6.54 Å². The third kappa shape index (κ3) is 1.95. The largest absolute Gasteiger partial charge is 0.362 e. The first-order valence-corrected chi connectivity index (χ1v) is 6.57. The summed E-state index contributed by atoms with van der Waals surface area (Å²) in [6.07, 6.45) is 4.72. The molecule has 2 heterocycles. The maximum atomic E-state index is 11.1. The number of anilines is 1. The Bertz CT molecular complexity index is 594. The van der Waals surface area contributed by atoms with Crippen LogP contribution in [-0.2, 0) is 13.1 Å². The minimum Gasteiger partial charge on any atom is -0.362 e. The third-order valence-corrected chi connectivity index (χ3v) is 3.70. The van der Waals surface area contributed by atoms with Crippen molar-refractivity contribution in [1.82, 2.24) is 9.55 Å². The van der Waals surface area contributed by atoms with Gasteiger partial charge in [0.2, 0.25) is 0 Å². The van der Waals surface area contributed by atoms with E-state index in [9.17, 15) is 4.79 Å². The summed E-state index contributed by atoms with van der Waals surface area (Å²) in [5.41, 5.74) is 1.69. The van der Waals surface area contributed by atoms with Crippen LogP contribution in [0.5, 0.6) is 0 Å². The van der Waals surface area contributed by atoms with Gasteiger partial charge in [0.15, 0.2) is 6.29 Å². The molecule has 0 amide bonds. The Labute approximate surface area is 113 Å². The van der Waals surface area contributed by atoms with Crippen molar-refractivity contribution >= 4 is 27.9 Å². The number of hydrogen-bond acceptors (Lipinski definition) is 3. The molecule has 0 N–H and O–H groups in total. The number of aromatic nitrogens is 2. The fourth-order valence-corrected chi connectivity index (χ4v) is 2.67. The molecule has 2 aromatic rings. The van der Waals surface area contributed by atoms with E-state index in [2.05, 4.69) is 30.4 Å². The smallest absolute Gasteiger partial charge is 0.152 e. The van der Waals surface area contributed by atoms with Crippen molar-refractivity contribution in [2.24, 2.45) is 0 Å². The molecule has 0 aliphatic carbocycles. The molecule has 18 heavy (non-hydrogen) atoms. The Morgan fingerprint density at radius 1 is 1.33 bits per heavy atom. The summed E-state index contributed by atoms with van der Waals surface area (Å²) >= 11 is 3.39. The molecule has 0 spiro atoms. The molecule has 5 heteroatoms. The van der Waals surface area contributed by atoms with Crippen LogP contribution in [-0.4, -0.2) is 22.4 Å². The number of rotatable bonds is 2. The average molecular weight is 306 g/mol. The molecule has 3 rings (SSSR count). The maximum Gasteiger partial charge on any atom is 0.152 e. The summed E-state index contributed by atoms with van der Waals surface area (Å²) in [4.78, 5) is 17.7. The van der Waals surface area contributed by atoms with Crippen LogP contribution in [0.25, 0.3) is 0 Å². The topological polar surface area (TPSA) is 38.1 Å². The molecular weight excluding hydrogens is 294 g/mol. The standard InChI is InChI=1S/C13H12BrN3O/c14-11-1-2-12(10(7-11)9-18)17-6-5-16-4-3-15-13(16)8-17/h1-4,7,9H,5-6,8H2. The first-order valence-electron chi connectivity index (χ1n) is 5.77. The Morgan fingerprint density at radius 2 is 2.22 bits per heavy atom. The van der Waals surface area contributed by atoms with Gasteiger partial charge >= 0.3 is 0 Å². The van der Waals surface area contributed by atoms with Crippen molar-refractivity contribution in [1.29, 1.82) is 0 Å². The molecule has 1 aromatic carbocycles. The number of nitrogens with zero attached hydrogens (tertiary/aromatic N) is 3. The number of carbonyl (C=O) groups excluding carboxylic acids is 1. The fourth-order valence-electron chi connectivity index (χ4n) is 2.29. The summed E-state index contributed by atoms with van der Waals surface area (Å²) in [5, 5.41) is 0. The highest BCUT2D eigenvalue weighted by molar-refractivity contribution is 9.10. The summed E-state index contributed by atoms with van der Waals surface area (Å²) in [6.45, 7) is 2.55. The Hall–Kier alpha value is -1.62. The fraction of sp³-hybridized carbons (Fsp3) is 0.231. The van der Waals surface area contributed by atoms with Crippen LogP contribution in [0, 0.1) is 0 Å². The van der Waals surface area contributed by atoms with E-state index in [0.29, 0.717) is 5.56 Å². The van der Waals surface area contributed by atoms with E-state index < -0.39 is 0 Å². The summed E-state index contributed by atoms with van der Waals surface area (Å²) in [7, 11) is 0. The molecule has 4 nitrogen and oxygen atoms in total. The highest BCUT2D eigenvalue weighted by Crippen LogP contribution is 2.26. The van der Waals surface area contributed by atoms with Crippen LogP contribution >= 0.6 is 15.9 Å². The predicted octanol–water partition coefficient (Wildman–Crippen LogP) is 2.48. The zero-order valence-corrected chi connectivity index (χ0v) is 11.3. The van der Waals surface area contributed by atoms with E-state index in [4.69, 9.17) is 0 Å². The lowest BCUT2D eigenvalue weighted by Crippen LogP contribution is -2.34. The van der Waals surface area contributed by atoms with Crippen molar-refractivity contribution in [2.45, 2.75) is 13.1 Å². The lowest BCUT2D eigenvalue weighted by molar-refractivity contribution is 0.112. The second-order valence-electron chi connectivity index (χ2n) is 4.28. The van der Waals surface area contributed by atoms with Crippen LogP contribution in [0.2, 0.25) is 0 Å². The van der Waals surface area contributed by atoms with E-state index >= 15 is 0 Å². The molecular formula is C13H12BrN3O. The first-order chi connectivity index (χ1) is 8.78. The number of imidazole rings is 1. The zero-order chi connectivity index (χ0) is 12.5. The van der Waals surface area contributed by atoms with Crippen molar-refractivity contribution in [3.63, 3.8) is 0 Å². The monoisotopic (exact) mass is 305 g/mol. The van der Waals surface area contributed by atoms with Crippen LogP contribution in [0.1, 0.15) is 16.2 Å². The second kappa shape index (κ2) is 4.57. The van der Waals surface area contributed by atoms with Gasteiger partial charge in [0.1, 0.15) is 5.82 Å². The van der Waals surface area contributed by atoms with Crippen molar-refractivity contribution in [3.8, 4) is 0 Å². The minimum absolute atomic E-state index is 0.712. The molecule has 1 aromatic heterocycles. The number of carbonyl (C=O) groups is 1. The van der Waals surface area contributed by atoms with Crippen molar-refractivity contribution < 1.29 is 4.79 Å². The summed E-state index contributed by atoms with van der Waals surface area (Å²) in [6, 6.07) is 5.79. The molecule has 1 aliphatic heterocycles. The van der Waals surface area contributed by atoms with Gasteiger partial charge in [-0.25, -0.2) is 4.98 Å². The Kier molecular flexibility index (Phi) is 2.91. The summed E-state index contributed by atoms with van der Waals surface area (Å²) < 4.78 is 3.07. The van der Waals surface area contributed by atoms with Crippen LogP contribution in [0.4, 0.5) is 5.69 Å². The number of fused-ring (bicyclic) bond motifs is 1. The van der Waals surface area contributed by atoms with E-state index in [0.717, 1.165) is 41.9 Å². The quantitative estimate of drug-likeness (QED) is 0.800. The molecule has 0 bridgehead atoms. The van der Waals surface area contributed by atoms with Gasteiger partial charge in [0.25, 0.3) is 0 Å². The average Bonchev–Trinajstić information content (AvgIpc) is 2.85. The second-order valence-corrected chi connectivity index (χ2v) is 5.20. The lowest BCUT2D eigenvalue weighted by atomic mass is 10.1. The van der Waals surface area contributed by atoms with Crippen LogP contribution in [0.3, 0.4) is 0 Å². The van der Waals surface area contributed by atoms with Gasteiger partial charge in [-0.1, -0.05) is 15.9 Å². The van der Waals surface area contributed by atoms with Gasteiger partial charge in [-0.2, -0.15) is 0 Å². The van der Waals surface area contributed by atoms with Gasteiger partial charge in [0, 0.05) is 41.2 Å². The Balaban J connectivity index is 1.95. The zero-order valence-electron chi connectivity index (χ0n) is 9.71. The SMILES string of the molecule is O=Cc1cc(Br)ccc1N1CCn2ccnc2C1. The number of aldehydes is 1. The van der Waals surface area contributed by atoms with Crippen LogP contribution < -0.4 is 4.90 Å². The summed E-state index contributed by atoms with van der Waals surface area (Å²) in [5.74, 6) is 1.04. The highest BCUT2D eigenvalue weighted by atomic mass is 79.9. The first kappa shape index (κ1) is 11.5. The molecule has 0 radical (unpaired) electrons. The lowest BCUT2D eigenvalue weighted by Gasteiger charge is -2.30. The normalized spacial score (nSPS) is 14.4. The molecule has 0 saturated carbocycles. The molecule has 0 saturated heterocycles. The molecule has 0 fully saturated rings. The molecule has 0 unspecified atom stereocenters. The third-order valence-electron chi connectivity index (χ3n) is 3.20. The van der Waals surface area contributed by atoms with Crippen LogP contribution in [0.15, 0.2) is 35.1 Å². The maximum absolute atomic E-state index is 11.1. The minimum atomic E-state index is 0.712. The van der Waals surface area contributed by atoms with Gasteiger partial charge in [-0.3, -0.25) is 4.79 Å². The van der Waals surface area contributed by atoms with Crippen molar-refractivity contribution in [3.05, 3.63) is 46.5 Å². The number of hydrogen-bond donors (Lipinski definition) is 0. The van der Waals surface area contributed by atoms with E-state index in [1.54, 1.807) is 0 Å².